The van der Waals surface area contributed by atoms with Crippen LogP contribution < -0.4 is 5.32 Å². The van der Waals surface area contributed by atoms with Crippen molar-refractivity contribution >= 4 is 0 Å². The Kier molecular flexibility index (Phi) is 2.55. The summed E-state index contributed by atoms with van der Waals surface area (Å²) in [6.07, 6.45) is 3.32. The molecule has 2 heterocycles. The van der Waals surface area contributed by atoms with Gasteiger partial charge in [-0.15, -0.1) is 0 Å². The lowest BCUT2D eigenvalue weighted by atomic mass is 9.93. The molecule has 1 aromatic rings. The molecule has 1 aromatic heterocycles. The van der Waals surface area contributed by atoms with E-state index in [1.807, 2.05) is 0 Å². The van der Waals surface area contributed by atoms with Crippen LogP contribution in [0.15, 0.2) is 6.20 Å². The Hall–Kier alpha value is -0.890. The van der Waals surface area contributed by atoms with Crippen molar-refractivity contribution in [2.24, 2.45) is 0 Å². The fourth-order valence-corrected chi connectivity index (χ4v) is 2.18. The topological polar surface area (TPSA) is 24.9 Å². The second-order valence-electron chi connectivity index (χ2n) is 4.24. The van der Waals surface area contributed by atoms with Crippen LogP contribution in [0.4, 0.5) is 0 Å². The summed E-state index contributed by atoms with van der Waals surface area (Å²) < 4.78 is 0. The van der Waals surface area contributed by atoms with E-state index >= 15 is 0 Å². The maximum atomic E-state index is 4.46. The molecule has 0 aromatic carbocycles. The van der Waals surface area contributed by atoms with Crippen molar-refractivity contribution in [2.45, 2.75) is 33.1 Å². The predicted octanol–water partition coefficient (Wildman–Crippen LogP) is 2.08. The monoisotopic (exact) mass is 190 g/mol. The molecule has 0 bridgehead atoms. The van der Waals surface area contributed by atoms with Crippen LogP contribution >= 0.6 is 0 Å². The lowest BCUT2D eigenvalue weighted by molar-refractivity contribution is 0.749. The van der Waals surface area contributed by atoms with Crippen molar-refractivity contribution in [1.29, 1.82) is 0 Å². The molecule has 1 aliphatic rings. The third-order valence-corrected chi connectivity index (χ3v) is 3.44. The van der Waals surface area contributed by atoms with Crippen LogP contribution in [0.2, 0.25) is 0 Å². The van der Waals surface area contributed by atoms with Crippen molar-refractivity contribution < 1.29 is 0 Å². The molecule has 0 radical (unpaired) electrons. The summed E-state index contributed by atoms with van der Waals surface area (Å²) >= 11 is 0. The van der Waals surface area contributed by atoms with Gasteiger partial charge in [-0.3, -0.25) is 4.98 Å². The minimum absolute atomic E-state index is 0.682. The van der Waals surface area contributed by atoms with Gasteiger partial charge in [0.1, 0.15) is 0 Å². The van der Waals surface area contributed by atoms with Crippen molar-refractivity contribution in [3.05, 3.63) is 28.6 Å². The van der Waals surface area contributed by atoms with Crippen LogP contribution in [-0.2, 0) is 0 Å². The van der Waals surface area contributed by atoms with E-state index in [4.69, 9.17) is 0 Å². The standard InChI is InChI=1S/C12H18N2/c1-8-9(2)12(7-14-10(8)3)11-4-5-13-6-11/h7,11,13H,4-6H2,1-3H3. The van der Waals surface area contributed by atoms with Crippen molar-refractivity contribution in [3.63, 3.8) is 0 Å². The minimum atomic E-state index is 0.682. The maximum absolute atomic E-state index is 4.46. The molecule has 1 aliphatic heterocycles. The molecule has 1 unspecified atom stereocenters. The highest BCUT2D eigenvalue weighted by molar-refractivity contribution is 5.36. The second kappa shape index (κ2) is 3.70. The molecule has 2 nitrogen and oxygen atoms in total. The van der Waals surface area contributed by atoms with Crippen molar-refractivity contribution in [1.82, 2.24) is 10.3 Å². The zero-order chi connectivity index (χ0) is 10.1. The average Bonchev–Trinajstić information content (AvgIpc) is 2.67. The summed E-state index contributed by atoms with van der Waals surface area (Å²) in [6.45, 7) is 8.74. The minimum Gasteiger partial charge on any atom is -0.316 e. The van der Waals surface area contributed by atoms with Crippen LogP contribution in [0.1, 0.15) is 34.7 Å². The lowest BCUT2D eigenvalue weighted by Crippen LogP contribution is -2.10. The molecule has 1 fully saturated rings. The lowest BCUT2D eigenvalue weighted by Gasteiger charge is -2.14. The quantitative estimate of drug-likeness (QED) is 0.733. The Morgan fingerprint density at radius 1 is 1.29 bits per heavy atom. The van der Waals surface area contributed by atoms with E-state index in [0.29, 0.717) is 5.92 Å². The molecule has 0 spiro atoms. The number of hydrogen-bond donors (Lipinski definition) is 1. The molecule has 14 heavy (non-hydrogen) atoms. The molecule has 0 amide bonds. The molecule has 0 aliphatic carbocycles. The molecule has 1 N–H and O–H groups in total. The van der Waals surface area contributed by atoms with E-state index in [9.17, 15) is 0 Å². The van der Waals surface area contributed by atoms with Gasteiger partial charge >= 0.3 is 0 Å². The highest BCUT2D eigenvalue weighted by Gasteiger charge is 2.19. The first-order chi connectivity index (χ1) is 6.70. The predicted molar refractivity (Wildman–Crippen MR) is 58.7 cm³/mol. The van der Waals surface area contributed by atoms with Gasteiger partial charge in [0.25, 0.3) is 0 Å². The molecule has 2 heteroatoms. The van der Waals surface area contributed by atoms with E-state index in [1.54, 1.807) is 0 Å². The van der Waals surface area contributed by atoms with E-state index < -0.39 is 0 Å². The number of nitrogens with one attached hydrogen (secondary N) is 1. The van der Waals surface area contributed by atoms with Crippen LogP contribution in [0.25, 0.3) is 0 Å². The summed E-state index contributed by atoms with van der Waals surface area (Å²) in [5.74, 6) is 0.682. The highest BCUT2D eigenvalue weighted by atomic mass is 14.9. The van der Waals surface area contributed by atoms with E-state index in [0.717, 1.165) is 18.8 Å². The Morgan fingerprint density at radius 3 is 2.71 bits per heavy atom. The summed E-state index contributed by atoms with van der Waals surface area (Å²) in [6, 6.07) is 0. The third-order valence-electron chi connectivity index (χ3n) is 3.44. The Labute approximate surface area is 85.7 Å². The number of aryl methyl sites for hydroxylation is 1. The average molecular weight is 190 g/mol. The smallest absolute Gasteiger partial charge is 0.0404 e. The van der Waals surface area contributed by atoms with Crippen molar-refractivity contribution in [2.75, 3.05) is 13.1 Å². The van der Waals surface area contributed by atoms with Gasteiger partial charge in [0.2, 0.25) is 0 Å². The number of pyridine rings is 1. The van der Waals surface area contributed by atoms with E-state index in [1.165, 1.54) is 23.1 Å². The SMILES string of the molecule is Cc1ncc(C2CCNC2)c(C)c1C. The molecule has 1 atom stereocenters. The van der Waals surface area contributed by atoms with Gasteiger partial charge < -0.3 is 5.32 Å². The van der Waals surface area contributed by atoms with Crippen LogP contribution in [0, 0.1) is 20.8 Å². The van der Waals surface area contributed by atoms with Crippen LogP contribution in [-0.4, -0.2) is 18.1 Å². The number of rotatable bonds is 1. The van der Waals surface area contributed by atoms with Crippen LogP contribution in [0.5, 0.6) is 0 Å². The Bertz CT molecular complexity index is 338. The fraction of sp³-hybridized carbons (Fsp3) is 0.583. The normalized spacial score (nSPS) is 21.5. The molecular weight excluding hydrogens is 172 g/mol. The summed E-state index contributed by atoms with van der Waals surface area (Å²) in [5, 5.41) is 3.40. The van der Waals surface area contributed by atoms with Crippen LogP contribution in [0.3, 0.4) is 0 Å². The van der Waals surface area contributed by atoms with Gasteiger partial charge in [0, 0.05) is 18.4 Å². The van der Waals surface area contributed by atoms with Gasteiger partial charge in [-0.25, -0.2) is 0 Å². The van der Waals surface area contributed by atoms with Gasteiger partial charge in [-0.05, 0) is 56.3 Å². The third kappa shape index (κ3) is 1.55. The first kappa shape index (κ1) is 9.66. The zero-order valence-corrected chi connectivity index (χ0v) is 9.22. The fourth-order valence-electron chi connectivity index (χ4n) is 2.18. The second-order valence-corrected chi connectivity index (χ2v) is 4.24. The van der Waals surface area contributed by atoms with Gasteiger partial charge in [-0.1, -0.05) is 0 Å². The number of nitrogens with zero attached hydrogens (tertiary/aromatic N) is 1. The summed E-state index contributed by atoms with van der Waals surface area (Å²) in [7, 11) is 0. The molecule has 2 rings (SSSR count). The number of hydrogen-bond acceptors (Lipinski definition) is 2. The highest BCUT2D eigenvalue weighted by Crippen LogP contribution is 2.26. The Balaban J connectivity index is 2.38. The zero-order valence-electron chi connectivity index (χ0n) is 9.22. The van der Waals surface area contributed by atoms with Gasteiger partial charge in [0.05, 0.1) is 0 Å². The number of aromatic nitrogens is 1. The summed E-state index contributed by atoms with van der Waals surface area (Å²) in [4.78, 5) is 4.46. The van der Waals surface area contributed by atoms with Crippen molar-refractivity contribution in [3.8, 4) is 0 Å². The van der Waals surface area contributed by atoms with E-state index in [-0.39, 0.29) is 0 Å². The first-order valence-corrected chi connectivity index (χ1v) is 5.33. The first-order valence-electron chi connectivity index (χ1n) is 5.33. The molecule has 76 valence electrons. The molecule has 1 saturated heterocycles. The molecule has 0 saturated carbocycles. The van der Waals surface area contributed by atoms with Gasteiger partial charge in [-0.2, -0.15) is 0 Å². The Morgan fingerprint density at radius 2 is 2.07 bits per heavy atom. The summed E-state index contributed by atoms with van der Waals surface area (Å²) in [5.41, 5.74) is 5.40. The van der Waals surface area contributed by atoms with Gasteiger partial charge in [0.15, 0.2) is 0 Å². The molecular formula is C12H18N2. The van der Waals surface area contributed by atoms with E-state index in [2.05, 4.69) is 37.3 Å². The maximum Gasteiger partial charge on any atom is 0.0404 e. The largest absolute Gasteiger partial charge is 0.316 e.